The molecular weight excluding hydrogens is 309 g/mol. The third-order valence-electron chi connectivity index (χ3n) is 4.23. The summed E-state index contributed by atoms with van der Waals surface area (Å²) in [6.07, 6.45) is 2.36. The molecule has 1 fully saturated rings. The van der Waals surface area contributed by atoms with E-state index in [1.807, 2.05) is 12.1 Å². The lowest BCUT2D eigenvalue weighted by molar-refractivity contribution is 0.321. The highest BCUT2D eigenvalue weighted by atomic mass is 19.1. The molecule has 0 spiro atoms. The Hall–Kier alpha value is -2.27. The van der Waals surface area contributed by atoms with Crippen molar-refractivity contribution in [2.75, 3.05) is 27.3 Å². The van der Waals surface area contributed by atoms with E-state index in [4.69, 9.17) is 14.2 Å². The zero-order valence-corrected chi connectivity index (χ0v) is 14.0. The van der Waals surface area contributed by atoms with Crippen LogP contribution >= 0.6 is 0 Å². The number of ether oxygens (including phenoxy) is 3. The second-order valence-corrected chi connectivity index (χ2v) is 5.83. The van der Waals surface area contributed by atoms with Crippen molar-refractivity contribution in [3.8, 4) is 23.0 Å². The number of likely N-dealkylation sites (tertiary alicyclic amines) is 1. The maximum absolute atomic E-state index is 14.8. The number of hydrogen-bond acceptors (Lipinski definition) is 4. The summed E-state index contributed by atoms with van der Waals surface area (Å²) in [6, 6.07) is 10.4. The predicted molar refractivity (Wildman–Crippen MR) is 90.5 cm³/mol. The molecule has 5 heteroatoms. The van der Waals surface area contributed by atoms with Crippen LogP contribution in [0.25, 0.3) is 0 Å². The Kier molecular flexibility index (Phi) is 5.20. The first-order valence-electron chi connectivity index (χ1n) is 8.11. The summed E-state index contributed by atoms with van der Waals surface area (Å²) in [6.45, 7) is 2.65. The van der Waals surface area contributed by atoms with Crippen molar-refractivity contribution in [2.45, 2.75) is 19.4 Å². The molecule has 1 heterocycles. The number of methoxy groups -OCH3 is 2. The fraction of sp³-hybridized carbons (Fsp3) is 0.368. The lowest BCUT2D eigenvalue weighted by atomic mass is 10.2. The molecule has 1 saturated heterocycles. The van der Waals surface area contributed by atoms with Gasteiger partial charge in [-0.2, -0.15) is 0 Å². The van der Waals surface area contributed by atoms with Gasteiger partial charge in [-0.05, 0) is 44.1 Å². The smallest absolute Gasteiger partial charge is 0.173 e. The van der Waals surface area contributed by atoms with Crippen LogP contribution in [0.4, 0.5) is 4.39 Å². The highest BCUT2D eigenvalue weighted by Crippen LogP contribution is 2.36. The molecule has 0 bridgehead atoms. The summed E-state index contributed by atoms with van der Waals surface area (Å²) in [5.41, 5.74) is 0.649. The van der Waals surface area contributed by atoms with E-state index in [2.05, 4.69) is 4.90 Å². The normalized spacial score (nSPS) is 14.6. The number of rotatable bonds is 6. The van der Waals surface area contributed by atoms with Gasteiger partial charge in [0, 0.05) is 18.2 Å². The number of benzene rings is 2. The summed E-state index contributed by atoms with van der Waals surface area (Å²) in [5, 5.41) is 0. The van der Waals surface area contributed by atoms with Gasteiger partial charge in [0.15, 0.2) is 23.1 Å². The quantitative estimate of drug-likeness (QED) is 0.792. The third-order valence-corrected chi connectivity index (χ3v) is 4.23. The molecule has 2 aromatic rings. The van der Waals surface area contributed by atoms with Gasteiger partial charge >= 0.3 is 0 Å². The molecule has 0 atom stereocenters. The Balaban J connectivity index is 1.84. The molecule has 0 unspecified atom stereocenters. The number of nitrogens with zero attached hydrogens (tertiary/aromatic N) is 1. The van der Waals surface area contributed by atoms with Crippen molar-refractivity contribution in [3.63, 3.8) is 0 Å². The summed E-state index contributed by atoms with van der Waals surface area (Å²) in [5.74, 6) is 1.45. The largest absolute Gasteiger partial charge is 0.497 e. The van der Waals surface area contributed by atoms with Crippen LogP contribution in [0.3, 0.4) is 0 Å². The first kappa shape index (κ1) is 16.6. The van der Waals surface area contributed by atoms with E-state index in [9.17, 15) is 4.39 Å². The van der Waals surface area contributed by atoms with Crippen LogP contribution in [0.2, 0.25) is 0 Å². The minimum absolute atomic E-state index is 0.193. The van der Waals surface area contributed by atoms with Gasteiger partial charge in [-0.15, -0.1) is 0 Å². The van der Waals surface area contributed by atoms with Gasteiger partial charge in [-0.3, -0.25) is 4.90 Å². The highest BCUT2D eigenvalue weighted by molar-refractivity contribution is 5.48. The molecule has 128 valence electrons. The van der Waals surface area contributed by atoms with E-state index < -0.39 is 0 Å². The minimum Gasteiger partial charge on any atom is -0.497 e. The monoisotopic (exact) mass is 331 g/mol. The van der Waals surface area contributed by atoms with Crippen LogP contribution in [0.15, 0.2) is 36.4 Å². The summed E-state index contributed by atoms with van der Waals surface area (Å²) < 4.78 is 31.1. The Morgan fingerprint density at radius 2 is 1.75 bits per heavy atom. The molecule has 0 amide bonds. The first-order chi connectivity index (χ1) is 11.7. The van der Waals surface area contributed by atoms with Crippen LogP contribution in [0.5, 0.6) is 23.0 Å². The molecule has 3 rings (SSSR count). The zero-order chi connectivity index (χ0) is 16.9. The Labute approximate surface area is 141 Å². The van der Waals surface area contributed by atoms with Crippen molar-refractivity contribution in [3.05, 3.63) is 47.8 Å². The van der Waals surface area contributed by atoms with Crippen LogP contribution in [0, 0.1) is 5.82 Å². The number of halogens is 1. The molecule has 0 radical (unpaired) electrons. The van der Waals surface area contributed by atoms with Crippen LogP contribution in [-0.4, -0.2) is 32.2 Å². The van der Waals surface area contributed by atoms with E-state index in [0.29, 0.717) is 29.4 Å². The lowest BCUT2D eigenvalue weighted by Crippen LogP contribution is -2.19. The molecular formula is C19H22FNO3. The van der Waals surface area contributed by atoms with Gasteiger partial charge in [0.1, 0.15) is 5.75 Å². The average Bonchev–Trinajstić information content (AvgIpc) is 3.11. The molecule has 0 saturated carbocycles. The van der Waals surface area contributed by atoms with Crippen molar-refractivity contribution in [2.24, 2.45) is 0 Å². The van der Waals surface area contributed by atoms with Crippen LogP contribution in [0.1, 0.15) is 18.4 Å². The van der Waals surface area contributed by atoms with E-state index in [-0.39, 0.29) is 11.6 Å². The fourth-order valence-corrected chi connectivity index (χ4v) is 2.92. The first-order valence-corrected chi connectivity index (χ1v) is 8.11. The molecule has 0 N–H and O–H groups in total. The second kappa shape index (κ2) is 7.53. The summed E-state index contributed by atoms with van der Waals surface area (Å²) in [7, 11) is 3.12. The molecule has 1 aliphatic rings. The van der Waals surface area contributed by atoms with Crippen LogP contribution in [-0.2, 0) is 6.54 Å². The molecule has 24 heavy (non-hydrogen) atoms. The highest BCUT2D eigenvalue weighted by Gasteiger charge is 2.17. The van der Waals surface area contributed by atoms with Crippen molar-refractivity contribution in [1.82, 2.24) is 4.90 Å². The lowest BCUT2D eigenvalue weighted by Gasteiger charge is -2.17. The van der Waals surface area contributed by atoms with Gasteiger partial charge in [0.05, 0.1) is 14.2 Å². The van der Waals surface area contributed by atoms with Gasteiger partial charge in [0.25, 0.3) is 0 Å². The van der Waals surface area contributed by atoms with Crippen LogP contribution < -0.4 is 14.2 Å². The molecule has 4 nitrogen and oxygen atoms in total. The SMILES string of the molecule is COc1ccc(OC)c(Oc2cccc(CN3CCCC3)c2F)c1. The van der Waals surface area contributed by atoms with Gasteiger partial charge in [0.2, 0.25) is 0 Å². The molecule has 1 aliphatic heterocycles. The Bertz CT molecular complexity index is 699. The van der Waals surface area contributed by atoms with E-state index >= 15 is 0 Å². The topological polar surface area (TPSA) is 30.9 Å². The maximum atomic E-state index is 14.8. The van der Waals surface area contributed by atoms with Crippen molar-refractivity contribution < 1.29 is 18.6 Å². The predicted octanol–water partition coefficient (Wildman–Crippen LogP) is 4.23. The van der Waals surface area contributed by atoms with E-state index in [0.717, 1.165) is 13.1 Å². The standard InChI is InChI=1S/C19H22FNO3/c1-22-15-8-9-16(23-2)18(12-15)24-17-7-5-6-14(19(17)20)13-21-10-3-4-11-21/h5-9,12H,3-4,10-11,13H2,1-2H3. The average molecular weight is 331 g/mol. The number of hydrogen-bond donors (Lipinski definition) is 0. The molecule has 0 aliphatic carbocycles. The minimum atomic E-state index is -0.325. The summed E-state index contributed by atoms with van der Waals surface area (Å²) >= 11 is 0. The van der Waals surface area contributed by atoms with Gasteiger partial charge in [-0.1, -0.05) is 12.1 Å². The van der Waals surface area contributed by atoms with Gasteiger partial charge < -0.3 is 14.2 Å². The van der Waals surface area contributed by atoms with E-state index in [1.54, 1.807) is 38.5 Å². The Morgan fingerprint density at radius 1 is 0.958 bits per heavy atom. The van der Waals surface area contributed by atoms with Gasteiger partial charge in [-0.25, -0.2) is 4.39 Å². The van der Waals surface area contributed by atoms with Crippen molar-refractivity contribution in [1.29, 1.82) is 0 Å². The summed E-state index contributed by atoms with van der Waals surface area (Å²) in [4.78, 5) is 2.26. The third kappa shape index (κ3) is 3.62. The molecule has 0 aromatic heterocycles. The van der Waals surface area contributed by atoms with E-state index in [1.165, 1.54) is 12.8 Å². The zero-order valence-electron chi connectivity index (χ0n) is 14.0. The van der Waals surface area contributed by atoms with Crippen molar-refractivity contribution >= 4 is 0 Å². The second-order valence-electron chi connectivity index (χ2n) is 5.83. The molecule has 2 aromatic carbocycles. The fourth-order valence-electron chi connectivity index (χ4n) is 2.92. The maximum Gasteiger partial charge on any atom is 0.173 e. The Morgan fingerprint density at radius 3 is 2.46 bits per heavy atom.